The molecule has 0 fully saturated rings. The van der Waals surface area contributed by atoms with E-state index in [1.165, 1.54) is 12.1 Å². The number of ether oxygens (including phenoxy) is 2. The fourth-order valence-corrected chi connectivity index (χ4v) is 3.03. The second-order valence-corrected chi connectivity index (χ2v) is 6.14. The topological polar surface area (TPSA) is 52.8 Å². The van der Waals surface area contributed by atoms with E-state index >= 15 is 0 Å². The van der Waals surface area contributed by atoms with Crippen LogP contribution in [0.3, 0.4) is 0 Å². The largest absolute Gasteiger partial charge is 0.485 e. The van der Waals surface area contributed by atoms with Gasteiger partial charge in [-0.05, 0) is 68.7 Å². The number of aromatic nitrogens is 2. The summed E-state index contributed by atoms with van der Waals surface area (Å²) in [4.78, 5) is 16.7. The van der Waals surface area contributed by atoms with Gasteiger partial charge in [-0.1, -0.05) is 0 Å². The van der Waals surface area contributed by atoms with Crippen LogP contribution in [0.1, 0.15) is 39.8 Å². The molecule has 5 nitrogen and oxygen atoms in total. The second-order valence-electron chi connectivity index (χ2n) is 6.14. The summed E-state index contributed by atoms with van der Waals surface area (Å²) < 4.78 is 26.2. The van der Waals surface area contributed by atoms with Crippen molar-refractivity contribution in [2.75, 3.05) is 6.61 Å². The van der Waals surface area contributed by atoms with Gasteiger partial charge >= 0.3 is 5.97 Å². The van der Waals surface area contributed by atoms with E-state index in [0.29, 0.717) is 29.4 Å². The Balaban J connectivity index is 1.95. The number of hydrogen-bond donors (Lipinski definition) is 0. The average Bonchev–Trinajstić information content (AvgIpc) is 2.90. The summed E-state index contributed by atoms with van der Waals surface area (Å²) in [6.45, 7) is 7.82. The smallest absolute Gasteiger partial charge is 0.357 e. The monoisotopic (exact) mass is 356 g/mol. The molecule has 136 valence electrons. The molecule has 0 saturated carbocycles. The van der Waals surface area contributed by atoms with Crippen LogP contribution in [-0.4, -0.2) is 22.0 Å². The zero-order chi connectivity index (χ0) is 18.8. The number of nitrogens with zero attached hydrogens (tertiary/aromatic N) is 2. The van der Waals surface area contributed by atoms with Crippen LogP contribution < -0.4 is 4.74 Å². The fraction of sp³-hybridized carbons (Fsp3) is 0.300. The Kier molecular flexibility index (Phi) is 4.93. The van der Waals surface area contributed by atoms with Crippen LogP contribution in [0.4, 0.5) is 4.39 Å². The number of fused-ring (bicyclic) bond motifs is 1. The Morgan fingerprint density at radius 1 is 1.23 bits per heavy atom. The van der Waals surface area contributed by atoms with Crippen molar-refractivity contribution < 1.29 is 18.7 Å². The zero-order valence-corrected chi connectivity index (χ0v) is 15.3. The minimum atomic E-state index is -0.417. The number of rotatable bonds is 5. The maximum Gasteiger partial charge on any atom is 0.357 e. The van der Waals surface area contributed by atoms with E-state index in [1.54, 1.807) is 36.6 Å². The van der Waals surface area contributed by atoms with E-state index in [2.05, 4.69) is 4.98 Å². The summed E-state index contributed by atoms with van der Waals surface area (Å²) >= 11 is 0. The molecule has 0 saturated heterocycles. The lowest BCUT2D eigenvalue weighted by Gasteiger charge is -2.12. The van der Waals surface area contributed by atoms with Gasteiger partial charge < -0.3 is 9.47 Å². The van der Waals surface area contributed by atoms with E-state index < -0.39 is 5.97 Å². The van der Waals surface area contributed by atoms with E-state index in [4.69, 9.17) is 9.47 Å². The van der Waals surface area contributed by atoms with Crippen molar-refractivity contribution in [2.24, 2.45) is 0 Å². The van der Waals surface area contributed by atoms with Gasteiger partial charge in [-0.3, -0.25) is 4.40 Å². The fourth-order valence-electron chi connectivity index (χ4n) is 3.03. The van der Waals surface area contributed by atoms with Gasteiger partial charge in [0.1, 0.15) is 12.4 Å². The van der Waals surface area contributed by atoms with Crippen molar-refractivity contribution in [3.05, 3.63) is 64.4 Å². The third-order valence-electron chi connectivity index (χ3n) is 4.29. The molecule has 0 aliphatic carbocycles. The van der Waals surface area contributed by atoms with Gasteiger partial charge in [0.05, 0.1) is 12.3 Å². The number of carbonyl (C=O) groups excluding carboxylic acids is 1. The first-order chi connectivity index (χ1) is 12.4. The predicted octanol–water partition coefficient (Wildman–Crippen LogP) is 4.15. The average molecular weight is 356 g/mol. The van der Waals surface area contributed by atoms with Gasteiger partial charge in [0.25, 0.3) is 0 Å². The first kappa shape index (κ1) is 17.9. The van der Waals surface area contributed by atoms with Crippen LogP contribution in [0.2, 0.25) is 0 Å². The zero-order valence-electron chi connectivity index (χ0n) is 15.3. The highest BCUT2D eigenvalue weighted by Gasteiger charge is 2.20. The lowest BCUT2D eigenvalue weighted by atomic mass is 10.0. The molecule has 3 rings (SSSR count). The standard InChI is InChI=1S/C20H21FN2O3/c1-5-25-20(24)18-14(4)22-19-17(7-6-8-23(18)19)26-11-16-12(2)9-15(21)10-13(16)3/h6-10H,5,11H2,1-4H3. The molecule has 26 heavy (non-hydrogen) atoms. The third kappa shape index (κ3) is 3.27. The summed E-state index contributed by atoms with van der Waals surface area (Å²) in [5, 5.41) is 0. The van der Waals surface area contributed by atoms with Gasteiger partial charge in [-0.15, -0.1) is 0 Å². The first-order valence-corrected chi connectivity index (χ1v) is 8.45. The number of esters is 1. The first-order valence-electron chi connectivity index (χ1n) is 8.45. The van der Waals surface area contributed by atoms with Gasteiger partial charge in [-0.25, -0.2) is 14.2 Å². The van der Waals surface area contributed by atoms with E-state index in [9.17, 15) is 9.18 Å². The summed E-state index contributed by atoms with van der Waals surface area (Å²) in [5.74, 6) is -0.122. The van der Waals surface area contributed by atoms with Crippen LogP contribution in [-0.2, 0) is 11.3 Å². The van der Waals surface area contributed by atoms with Gasteiger partial charge in [0.15, 0.2) is 17.1 Å². The molecule has 0 atom stereocenters. The van der Waals surface area contributed by atoms with Crippen LogP contribution in [0, 0.1) is 26.6 Å². The minimum absolute atomic E-state index is 0.256. The lowest BCUT2D eigenvalue weighted by molar-refractivity contribution is 0.0517. The van der Waals surface area contributed by atoms with Crippen LogP contribution >= 0.6 is 0 Å². The molecule has 0 unspecified atom stereocenters. The number of aryl methyl sites for hydroxylation is 3. The van der Waals surface area contributed by atoms with Gasteiger partial charge in [0, 0.05) is 6.20 Å². The van der Waals surface area contributed by atoms with E-state index in [0.717, 1.165) is 16.7 Å². The van der Waals surface area contributed by atoms with Crippen molar-refractivity contribution in [1.29, 1.82) is 0 Å². The van der Waals surface area contributed by atoms with Gasteiger partial charge in [0.2, 0.25) is 0 Å². The Labute approximate surface area is 151 Å². The molecule has 0 amide bonds. The molecule has 1 aromatic carbocycles. The molecule has 0 bridgehead atoms. The molecule has 0 spiro atoms. The lowest BCUT2D eigenvalue weighted by Crippen LogP contribution is -2.09. The Hall–Kier alpha value is -2.89. The van der Waals surface area contributed by atoms with Gasteiger partial charge in [-0.2, -0.15) is 0 Å². The van der Waals surface area contributed by atoms with E-state index in [-0.39, 0.29) is 12.4 Å². The third-order valence-corrected chi connectivity index (χ3v) is 4.29. The Morgan fingerprint density at radius 2 is 1.92 bits per heavy atom. The highest BCUT2D eigenvalue weighted by molar-refractivity contribution is 5.90. The number of pyridine rings is 1. The second kappa shape index (κ2) is 7.15. The number of halogens is 1. The van der Waals surface area contributed by atoms with Crippen molar-refractivity contribution in [3.8, 4) is 5.75 Å². The minimum Gasteiger partial charge on any atom is -0.485 e. The number of imidazole rings is 1. The molecule has 6 heteroatoms. The maximum atomic E-state index is 13.5. The Morgan fingerprint density at radius 3 is 2.58 bits per heavy atom. The molecule has 0 aliphatic rings. The molecule has 2 heterocycles. The number of hydrogen-bond acceptors (Lipinski definition) is 4. The molecule has 0 aliphatic heterocycles. The van der Waals surface area contributed by atoms with E-state index in [1.807, 2.05) is 13.8 Å². The van der Waals surface area contributed by atoms with Crippen LogP contribution in [0.25, 0.3) is 5.65 Å². The summed E-state index contributed by atoms with van der Waals surface area (Å²) in [5.41, 5.74) is 4.12. The normalized spacial score (nSPS) is 11.0. The Bertz CT molecular complexity index is 956. The molecule has 0 N–H and O–H groups in total. The number of benzene rings is 1. The maximum absolute atomic E-state index is 13.5. The predicted molar refractivity (Wildman–Crippen MR) is 96.1 cm³/mol. The highest BCUT2D eigenvalue weighted by Crippen LogP contribution is 2.25. The van der Waals surface area contributed by atoms with Crippen molar-refractivity contribution in [2.45, 2.75) is 34.3 Å². The number of carbonyl (C=O) groups is 1. The quantitative estimate of drug-likeness (QED) is 0.644. The van der Waals surface area contributed by atoms with Crippen LogP contribution in [0.15, 0.2) is 30.5 Å². The molecule has 0 radical (unpaired) electrons. The van der Waals surface area contributed by atoms with Crippen molar-refractivity contribution in [1.82, 2.24) is 9.38 Å². The summed E-state index contributed by atoms with van der Waals surface area (Å²) in [7, 11) is 0. The van der Waals surface area contributed by atoms with Crippen LogP contribution in [0.5, 0.6) is 5.75 Å². The summed E-state index contributed by atoms with van der Waals surface area (Å²) in [6, 6.07) is 6.57. The molecule has 2 aromatic heterocycles. The molecule has 3 aromatic rings. The SMILES string of the molecule is CCOC(=O)c1c(C)nc2c(OCc3c(C)cc(F)cc3C)cccn12. The van der Waals surface area contributed by atoms with Crippen molar-refractivity contribution in [3.63, 3.8) is 0 Å². The highest BCUT2D eigenvalue weighted by atomic mass is 19.1. The summed E-state index contributed by atoms with van der Waals surface area (Å²) in [6.07, 6.45) is 1.75. The molecular formula is C20H21FN2O3. The van der Waals surface area contributed by atoms with Crippen molar-refractivity contribution >= 4 is 11.6 Å². The molecular weight excluding hydrogens is 335 g/mol.